The smallest absolute Gasteiger partial charge is 0.232 e. The van der Waals surface area contributed by atoms with Crippen LogP contribution in [0, 0.1) is 5.92 Å². The van der Waals surface area contributed by atoms with E-state index in [4.69, 9.17) is 0 Å². The third-order valence-corrected chi connectivity index (χ3v) is 4.07. The molecule has 92 valence electrons. The topological polar surface area (TPSA) is 29.1 Å². The van der Waals surface area contributed by atoms with Crippen molar-refractivity contribution in [2.45, 2.75) is 39.0 Å². The Morgan fingerprint density at radius 1 is 1.47 bits per heavy atom. The van der Waals surface area contributed by atoms with Gasteiger partial charge in [-0.15, -0.1) is 0 Å². The van der Waals surface area contributed by atoms with Crippen LogP contribution < -0.4 is 5.32 Å². The zero-order valence-corrected chi connectivity index (χ0v) is 11.9. The lowest BCUT2D eigenvalue weighted by atomic mass is 9.88. The minimum absolute atomic E-state index is 0.0315. The minimum Gasteiger partial charge on any atom is -0.324 e. The fourth-order valence-electron chi connectivity index (χ4n) is 2.56. The first-order valence-electron chi connectivity index (χ1n) is 6.22. The molecule has 1 amide bonds. The van der Waals surface area contributed by atoms with Crippen molar-refractivity contribution < 1.29 is 4.79 Å². The fourth-order valence-corrected chi connectivity index (χ4v) is 3.04. The van der Waals surface area contributed by atoms with Gasteiger partial charge >= 0.3 is 0 Å². The average molecular weight is 296 g/mol. The Hall–Kier alpha value is -0.830. The second-order valence-corrected chi connectivity index (χ2v) is 5.73. The molecule has 2 unspecified atom stereocenters. The first kappa shape index (κ1) is 12.6. The fraction of sp³-hybridized carbons (Fsp3) is 0.500. The molecule has 2 atom stereocenters. The molecule has 3 heteroatoms. The van der Waals surface area contributed by atoms with Crippen molar-refractivity contribution in [2.24, 2.45) is 5.92 Å². The third-order valence-electron chi connectivity index (χ3n) is 3.41. The van der Waals surface area contributed by atoms with Gasteiger partial charge in [-0.1, -0.05) is 38.8 Å². The Labute approximate surface area is 111 Å². The van der Waals surface area contributed by atoms with Crippen molar-refractivity contribution in [3.63, 3.8) is 0 Å². The molecule has 0 saturated heterocycles. The van der Waals surface area contributed by atoms with Crippen LogP contribution in [0.5, 0.6) is 0 Å². The summed E-state index contributed by atoms with van der Waals surface area (Å²) in [6, 6.07) is 6.03. The summed E-state index contributed by atoms with van der Waals surface area (Å²) in [5.74, 6) is 0.777. The number of carbonyl (C=O) groups excluding carboxylic acids is 1. The maximum atomic E-state index is 12.0. The quantitative estimate of drug-likeness (QED) is 0.881. The van der Waals surface area contributed by atoms with Crippen molar-refractivity contribution in [1.82, 2.24) is 0 Å². The highest BCUT2D eigenvalue weighted by Crippen LogP contribution is 2.40. The molecular weight excluding hydrogens is 278 g/mol. The first-order chi connectivity index (χ1) is 8.13. The zero-order chi connectivity index (χ0) is 12.4. The van der Waals surface area contributed by atoms with Crippen LogP contribution in [0.25, 0.3) is 0 Å². The monoisotopic (exact) mass is 295 g/mol. The molecule has 0 aliphatic carbocycles. The standard InChI is InChI=1S/C14H18BrNO/c1-3-5-9(2)8-11-10-6-4-7-12(15)13(10)16-14(11)17/h4,6-7,9,11H,3,5,8H2,1-2H3,(H,16,17). The molecule has 2 rings (SSSR count). The number of nitrogens with one attached hydrogen (secondary N) is 1. The maximum absolute atomic E-state index is 12.0. The van der Waals surface area contributed by atoms with Gasteiger partial charge in [0, 0.05) is 4.47 Å². The van der Waals surface area contributed by atoms with Gasteiger partial charge in [-0.05, 0) is 39.9 Å². The zero-order valence-electron chi connectivity index (χ0n) is 10.3. The summed E-state index contributed by atoms with van der Waals surface area (Å²) < 4.78 is 0.981. The van der Waals surface area contributed by atoms with E-state index in [0.717, 1.165) is 22.1 Å². The number of carbonyl (C=O) groups is 1. The highest BCUT2D eigenvalue weighted by Gasteiger charge is 2.32. The van der Waals surface area contributed by atoms with Crippen molar-refractivity contribution in [1.29, 1.82) is 0 Å². The molecule has 0 bridgehead atoms. The molecule has 17 heavy (non-hydrogen) atoms. The second kappa shape index (κ2) is 5.21. The Morgan fingerprint density at radius 2 is 2.24 bits per heavy atom. The van der Waals surface area contributed by atoms with Crippen LogP contribution >= 0.6 is 15.9 Å². The lowest BCUT2D eigenvalue weighted by Crippen LogP contribution is -2.14. The molecular formula is C14H18BrNO. The molecule has 0 saturated carbocycles. The molecule has 1 aromatic carbocycles. The van der Waals surface area contributed by atoms with Gasteiger partial charge in [0.15, 0.2) is 0 Å². The predicted molar refractivity (Wildman–Crippen MR) is 74.2 cm³/mol. The van der Waals surface area contributed by atoms with E-state index in [2.05, 4.69) is 41.2 Å². The summed E-state index contributed by atoms with van der Waals surface area (Å²) in [4.78, 5) is 12.0. The molecule has 0 radical (unpaired) electrons. The van der Waals surface area contributed by atoms with Gasteiger partial charge in [0.25, 0.3) is 0 Å². The van der Waals surface area contributed by atoms with E-state index < -0.39 is 0 Å². The molecule has 0 aromatic heterocycles. The summed E-state index contributed by atoms with van der Waals surface area (Å²) in [6.45, 7) is 4.42. The number of fused-ring (bicyclic) bond motifs is 1. The van der Waals surface area contributed by atoms with Gasteiger partial charge < -0.3 is 5.32 Å². The Morgan fingerprint density at radius 3 is 2.94 bits per heavy atom. The van der Waals surface area contributed by atoms with Gasteiger partial charge in [-0.3, -0.25) is 4.79 Å². The number of hydrogen-bond acceptors (Lipinski definition) is 1. The Bertz CT molecular complexity index is 430. The highest BCUT2D eigenvalue weighted by atomic mass is 79.9. The molecule has 2 nitrogen and oxygen atoms in total. The normalized spacial score (nSPS) is 19.9. The number of halogens is 1. The number of hydrogen-bond donors (Lipinski definition) is 1. The number of amides is 1. The molecule has 1 aromatic rings. The summed E-state index contributed by atoms with van der Waals surface area (Å²) in [5.41, 5.74) is 2.11. The van der Waals surface area contributed by atoms with E-state index in [-0.39, 0.29) is 11.8 Å². The van der Waals surface area contributed by atoms with Crippen molar-refractivity contribution in [2.75, 3.05) is 5.32 Å². The van der Waals surface area contributed by atoms with Crippen molar-refractivity contribution in [3.05, 3.63) is 28.2 Å². The van der Waals surface area contributed by atoms with E-state index in [1.165, 1.54) is 12.8 Å². The molecule has 0 spiro atoms. The van der Waals surface area contributed by atoms with Crippen molar-refractivity contribution in [3.8, 4) is 0 Å². The van der Waals surface area contributed by atoms with Crippen LogP contribution in [0.3, 0.4) is 0 Å². The number of benzene rings is 1. The van der Waals surface area contributed by atoms with E-state index in [1.807, 2.05) is 12.1 Å². The number of para-hydroxylation sites is 1. The Kier molecular flexibility index (Phi) is 3.87. The maximum Gasteiger partial charge on any atom is 0.232 e. The van der Waals surface area contributed by atoms with Gasteiger partial charge in [0.05, 0.1) is 11.6 Å². The largest absolute Gasteiger partial charge is 0.324 e. The summed E-state index contributed by atoms with van der Waals surface area (Å²) in [6.07, 6.45) is 3.32. The minimum atomic E-state index is 0.0315. The van der Waals surface area contributed by atoms with Crippen molar-refractivity contribution >= 4 is 27.5 Å². The Balaban J connectivity index is 2.20. The van der Waals surface area contributed by atoms with E-state index in [0.29, 0.717) is 5.92 Å². The van der Waals surface area contributed by atoms with E-state index in [1.54, 1.807) is 0 Å². The summed E-state index contributed by atoms with van der Waals surface area (Å²) >= 11 is 3.48. The third kappa shape index (κ3) is 2.54. The molecule has 1 N–H and O–H groups in total. The van der Waals surface area contributed by atoms with Crippen LogP contribution in [0.1, 0.15) is 44.6 Å². The highest BCUT2D eigenvalue weighted by molar-refractivity contribution is 9.10. The van der Waals surface area contributed by atoms with Crippen LogP contribution in [-0.2, 0) is 4.79 Å². The predicted octanol–water partition coefficient (Wildman–Crippen LogP) is 4.31. The van der Waals surface area contributed by atoms with Gasteiger partial charge in [-0.2, -0.15) is 0 Å². The van der Waals surface area contributed by atoms with Crippen LogP contribution in [0.2, 0.25) is 0 Å². The summed E-state index contributed by atoms with van der Waals surface area (Å²) in [7, 11) is 0. The van der Waals surface area contributed by atoms with Crippen LogP contribution in [0.4, 0.5) is 5.69 Å². The average Bonchev–Trinajstić information content (AvgIpc) is 2.58. The first-order valence-corrected chi connectivity index (χ1v) is 7.02. The molecule has 0 fully saturated rings. The molecule has 1 aliphatic heterocycles. The van der Waals surface area contributed by atoms with Gasteiger partial charge in [0.2, 0.25) is 5.91 Å². The van der Waals surface area contributed by atoms with E-state index in [9.17, 15) is 4.79 Å². The van der Waals surface area contributed by atoms with E-state index >= 15 is 0 Å². The summed E-state index contributed by atoms with van der Waals surface area (Å²) in [5, 5.41) is 2.98. The lowest BCUT2D eigenvalue weighted by Gasteiger charge is -2.14. The molecule has 1 aliphatic rings. The van der Waals surface area contributed by atoms with Gasteiger partial charge in [-0.25, -0.2) is 0 Å². The lowest BCUT2D eigenvalue weighted by molar-refractivity contribution is -0.117. The SMILES string of the molecule is CCCC(C)CC1C(=O)Nc2c(Br)cccc21. The van der Waals surface area contributed by atoms with Gasteiger partial charge in [0.1, 0.15) is 0 Å². The molecule has 1 heterocycles. The number of anilines is 1. The number of rotatable bonds is 4. The second-order valence-electron chi connectivity index (χ2n) is 4.88. The van der Waals surface area contributed by atoms with Crippen LogP contribution in [-0.4, -0.2) is 5.91 Å². The van der Waals surface area contributed by atoms with Crippen LogP contribution in [0.15, 0.2) is 22.7 Å².